The van der Waals surface area contributed by atoms with Gasteiger partial charge < -0.3 is 10.1 Å². The Bertz CT molecular complexity index is 334. The molecule has 3 heteroatoms. The van der Waals surface area contributed by atoms with E-state index in [9.17, 15) is 0 Å². The van der Waals surface area contributed by atoms with Gasteiger partial charge in [-0.25, -0.2) is 0 Å². The highest BCUT2D eigenvalue weighted by atomic mass is 35.5. The van der Waals surface area contributed by atoms with Crippen LogP contribution in [-0.2, 0) is 11.3 Å². The van der Waals surface area contributed by atoms with Gasteiger partial charge in [-0.1, -0.05) is 23.7 Å². The van der Waals surface area contributed by atoms with Crippen molar-refractivity contribution in [2.45, 2.75) is 25.5 Å². The minimum absolute atomic E-state index is 0.406. The fourth-order valence-electron chi connectivity index (χ4n) is 2.18. The van der Waals surface area contributed by atoms with E-state index in [2.05, 4.69) is 11.4 Å². The molecule has 0 spiro atoms. The van der Waals surface area contributed by atoms with Gasteiger partial charge in [0.1, 0.15) is 0 Å². The monoisotopic (exact) mass is 225 g/mol. The maximum atomic E-state index is 6.25. The predicted octanol–water partition coefficient (Wildman–Crippen LogP) is 2.91. The molecule has 1 unspecified atom stereocenters. The van der Waals surface area contributed by atoms with Gasteiger partial charge in [0.25, 0.3) is 0 Å². The first kappa shape index (κ1) is 10.9. The maximum Gasteiger partial charge on any atom is 0.0716 e. The largest absolute Gasteiger partial charge is 0.380 e. The smallest absolute Gasteiger partial charge is 0.0716 e. The van der Waals surface area contributed by atoms with E-state index in [4.69, 9.17) is 16.3 Å². The van der Waals surface area contributed by atoms with E-state index < -0.39 is 0 Å². The van der Waals surface area contributed by atoms with Crippen LogP contribution in [0.3, 0.4) is 0 Å². The molecule has 1 heterocycles. The first-order chi connectivity index (χ1) is 7.33. The summed E-state index contributed by atoms with van der Waals surface area (Å²) in [5.41, 5.74) is 2.42. The Morgan fingerprint density at radius 1 is 1.53 bits per heavy atom. The molecule has 0 amide bonds. The molecule has 1 aliphatic rings. The van der Waals surface area contributed by atoms with E-state index in [1.807, 2.05) is 12.1 Å². The highest BCUT2D eigenvalue weighted by Crippen LogP contribution is 2.32. The van der Waals surface area contributed by atoms with Gasteiger partial charge in [-0.15, -0.1) is 0 Å². The standard InChI is InChI=1S/C12H16ClNO/c1-15-8-9-4-2-5-10(13)12(9)11-6-3-7-14-11/h2,4-5,11,14H,3,6-8H2,1H3. The van der Waals surface area contributed by atoms with Crippen LogP contribution in [0.5, 0.6) is 0 Å². The third-order valence-electron chi connectivity index (χ3n) is 2.85. The number of benzene rings is 1. The van der Waals surface area contributed by atoms with Crippen LogP contribution in [0.1, 0.15) is 30.0 Å². The van der Waals surface area contributed by atoms with E-state index in [0.29, 0.717) is 12.6 Å². The Morgan fingerprint density at radius 2 is 2.40 bits per heavy atom. The Hall–Kier alpha value is -0.570. The van der Waals surface area contributed by atoms with Gasteiger partial charge in [0.05, 0.1) is 6.61 Å². The third kappa shape index (κ3) is 2.33. The van der Waals surface area contributed by atoms with E-state index in [1.54, 1.807) is 7.11 Å². The predicted molar refractivity (Wildman–Crippen MR) is 62.1 cm³/mol. The number of methoxy groups -OCH3 is 1. The molecular formula is C12H16ClNO. The molecule has 0 bridgehead atoms. The quantitative estimate of drug-likeness (QED) is 0.854. The van der Waals surface area contributed by atoms with Crippen molar-refractivity contribution in [1.29, 1.82) is 0 Å². The molecule has 1 fully saturated rings. The van der Waals surface area contributed by atoms with Crippen LogP contribution in [-0.4, -0.2) is 13.7 Å². The summed E-state index contributed by atoms with van der Waals surface area (Å²) in [6, 6.07) is 6.43. The molecule has 0 saturated carbocycles. The van der Waals surface area contributed by atoms with Crippen molar-refractivity contribution in [3.63, 3.8) is 0 Å². The zero-order valence-electron chi connectivity index (χ0n) is 8.92. The number of ether oxygens (including phenoxy) is 1. The van der Waals surface area contributed by atoms with Gasteiger partial charge in [0.15, 0.2) is 0 Å². The molecule has 2 nitrogen and oxygen atoms in total. The Balaban J connectivity index is 2.32. The summed E-state index contributed by atoms with van der Waals surface area (Å²) < 4.78 is 5.20. The molecular weight excluding hydrogens is 210 g/mol. The number of nitrogens with one attached hydrogen (secondary N) is 1. The van der Waals surface area contributed by atoms with E-state index in [0.717, 1.165) is 11.6 Å². The van der Waals surface area contributed by atoms with Crippen molar-refractivity contribution < 1.29 is 4.74 Å². The van der Waals surface area contributed by atoms with Gasteiger partial charge >= 0.3 is 0 Å². The summed E-state index contributed by atoms with van der Waals surface area (Å²) in [5.74, 6) is 0. The summed E-state index contributed by atoms with van der Waals surface area (Å²) >= 11 is 6.25. The van der Waals surface area contributed by atoms with Crippen LogP contribution in [0.15, 0.2) is 18.2 Å². The molecule has 0 aliphatic carbocycles. The fraction of sp³-hybridized carbons (Fsp3) is 0.500. The van der Waals surface area contributed by atoms with Crippen LogP contribution in [0, 0.1) is 0 Å². The van der Waals surface area contributed by atoms with Crippen LogP contribution >= 0.6 is 11.6 Å². The van der Waals surface area contributed by atoms with Gasteiger partial charge in [0.2, 0.25) is 0 Å². The Labute approximate surface area is 95.6 Å². The van der Waals surface area contributed by atoms with E-state index in [-0.39, 0.29) is 0 Å². The van der Waals surface area contributed by atoms with Crippen LogP contribution < -0.4 is 5.32 Å². The first-order valence-electron chi connectivity index (χ1n) is 5.32. The third-order valence-corrected chi connectivity index (χ3v) is 3.18. The molecule has 1 atom stereocenters. The van der Waals surface area contributed by atoms with Crippen molar-refractivity contribution >= 4 is 11.6 Å². The Kier molecular flexibility index (Phi) is 3.62. The minimum Gasteiger partial charge on any atom is -0.380 e. The zero-order chi connectivity index (χ0) is 10.7. The highest BCUT2D eigenvalue weighted by Gasteiger charge is 2.21. The average molecular weight is 226 g/mol. The second kappa shape index (κ2) is 4.97. The number of hydrogen-bond acceptors (Lipinski definition) is 2. The number of hydrogen-bond donors (Lipinski definition) is 1. The fourth-order valence-corrected chi connectivity index (χ4v) is 2.51. The zero-order valence-corrected chi connectivity index (χ0v) is 9.68. The summed E-state index contributed by atoms with van der Waals surface area (Å²) in [7, 11) is 1.72. The van der Waals surface area contributed by atoms with Gasteiger partial charge in [-0.2, -0.15) is 0 Å². The lowest BCUT2D eigenvalue weighted by molar-refractivity contribution is 0.183. The van der Waals surface area contributed by atoms with Crippen molar-refractivity contribution in [3.05, 3.63) is 34.3 Å². The molecule has 1 saturated heterocycles. The van der Waals surface area contributed by atoms with E-state index in [1.165, 1.54) is 24.0 Å². The average Bonchev–Trinajstić information content (AvgIpc) is 2.71. The molecule has 1 aliphatic heterocycles. The first-order valence-corrected chi connectivity index (χ1v) is 5.70. The SMILES string of the molecule is COCc1cccc(Cl)c1C1CCCN1. The topological polar surface area (TPSA) is 21.3 Å². The lowest BCUT2D eigenvalue weighted by Gasteiger charge is -2.17. The van der Waals surface area contributed by atoms with Crippen molar-refractivity contribution in [2.75, 3.05) is 13.7 Å². The summed E-state index contributed by atoms with van der Waals surface area (Å²) in [6.45, 7) is 1.72. The normalized spacial score (nSPS) is 20.8. The molecule has 82 valence electrons. The molecule has 1 N–H and O–H groups in total. The molecule has 2 rings (SSSR count). The van der Waals surface area contributed by atoms with Crippen LogP contribution in [0.2, 0.25) is 5.02 Å². The van der Waals surface area contributed by atoms with Crippen molar-refractivity contribution in [1.82, 2.24) is 5.32 Å². The Morgan fingerprint density at radius 3 is 3.07 bits per heavy atom. The number of rotatable bonds is 3. The molecule has 1 aromatic carbocycles. The van der Waals surface area contributed by atoms with Crippen LogP contribution in [0.4, 0.5) is 0 Å². The lowest BCUT2D eigenvalue weighted by Crippen LogP contribution is -2.15. The highest BCUT2D eigenvalue weighted by molar-refractivity contribution is 6.31. The molecule has 0 aromatic heterocycles. The second-order valence-electron chi connectivity index (χ2n) is 3.89. The summed E-state index contributed by atoms with van der Waals surface area (Å²) in [5, 5.41) is 4.32. The maximum absolute atomic E-state index is 6.25. The van der Waals surface area contributed by atoms with Gasteiger partial charge in [0, 0.05) is 18.2 Å². The number of halogens is 1. The summed E-state index contributed by atoms with van der Waals surface area (Å²) in [6.07, 6.45) is 2.39. The molecule has 0 radical (unpaired) electrons. The minimum atomic E-state index is 0.406. The lowest BCUT2D eigenvalue weighted by atomic mass is 9.99. The van der Waals surface area contributed by atoms with Crippen molar-refractivity contribution in [2.24, 2.45) is 0 Å². The molecule has 15 heavy (non-hydrogen) atoms. The van der Waals surface area contributed by atoms with Gasteiger partial charge in [-0.05, 0) is 36.6 Å². The van der Waals surface area contributed by atoms with Crippen molar-refractivity contribution in [3.8, 4) is 0 Å². The van der Waals surface area contributed by atoms with Crippen LogP contribution in [0.25, 0.3) is 0 Å². The van der Waals surface area contributed by atoms with E-state index >= 15 is 0 Å². The summed E-state index contributed by atoms with van der Waals surface area (Å²) in [4.78, 5) is 0. The molecule has 1 aromatic rings. The van der Waals surface area contributed by atoms with Gasteiger partial charge in [-0.3, -0.25) is 0 Å². The second-order valence-corrected chi connectivity index (χ2v) is 4.30.